The number of aromatic nitrogens is 3. The number of aliphatic hydroxyl groups excluding tert-OH is 1. The number of nitrogens with one attached hydrogen (secondary N) is 2. The summed E-state index contributed by atoms with van der Waals surface area (Å²) in [6.07, 6.45) is 10.8. The lowest BCUT2D eigenvalue weighted by molar-refractivity contribution is -0.136. The molecule has 3 atom stereocenters. The van der Waals surface area contributed by atoms with E-state index in [4.69, 9.17) is 18.8 Å². The van der Waals surface area contributed by atoms with E-state index in [-0.39, 0.29) is 53.3 Å². The van der Waals surface area contributed by atoms with Crippen LogP contribution in [0.5, 0.6) is 5.88 Å². The van der Waals surface area contributed by atoms with Gasteiger partial charge in [0.2, 0.25) is 17.7 Å². The van der Waals surface area contributed by atoms with E-state index >= 15 is 0 Å². The van der Waals surface area contributed by atoms with Crippen LogP contribution >= 0.6 is 11.3 Å². The minimum absolute atomic E-state index is 0.0677. The lowest BCUT2D eigenvalue weighted by Crippen LogP contribution is -2.57. The van der Waals surface area contributed by atoms with Crippen molar-refractivity contribution in [3.63, 3.8) is 0 Å². The van der Waals surface area contributed by atoms with Crippen molar-refractivity contribution in [3.05, 3.63) is 98.6 Å². The molecule has 0 saturated carbocycles. The van der Waals surface area contributed by atoms with E-state index in [9.17, 15) is 29.1 Å². The third-order valence-electron chi connectivity index (χ3n) is 15.0. The summed E-state index contributed by atoms with van der Waals surface area (Å²) < 4.78 is 29.9. The zero-order valence-electron chi connectivity index (χ0n) is 42.1. The molecular formula is C52H56N10O7S. The number of ether oxygens (including phenoxy) is 1. The third-order valence-corrected chi connectivity index (χ3v) is 16.3. The van der Waals surface area contributed by atoms with Crippen molar-refractivity contribution in [2.24, 2.45) is 0 Å². The number of carbonyl (C=O) groups excluding carboxylic acids is 5. The Morgan fingerprint density at radius 2 is 1.66 bits per heavy atom. The van der Waals surface area contributed by atoms with Gasteiger partial charge < -0.3 is 25.0 Å². The molecule has 5 aromatic rings. The molecule has 4 aromatic heterocycles. The average molecular weight is 968 g/mol. The first-order chi connectivity index (χ1) is 35.1. The molecule has 362 valence electrons. The molecule has 0 bridgehead atoms. The van der Waals surface area contributed by atoms with Crippen LogP contribution in [0.2, 0.25) is 0 Å². The average Bonchev–Trinajstić information content (AvgIpc) is 3.88. The predicted molar refractivity (Wildman–Crippen MR) is 265 cm³/mol. The van der Waals surface area contributed by atoms with Crippen LogP contribution in [-0.4, -0.2) is 124 Å². The number of anilines is 5. The zero-order chi connectivity index (χ0) is 50.9. The number of hydrogen-bond donors (Lipinski definition) is 3. The number of methoxy groups -OCH3 is 1. The van der Waals surface area contributed by atoms with Gasteiger partial charge in [0, 0.05) is 91.9 Å². The quantitative estimate of drug-likeness (QED) is 0.137. The number of thiophene rings is 1. The van der Waals surface area contributed by atoms with Gasteiger partial charge in [-0.1, -0.05) is 0 Å². The Bertz CT molecular complexity index is 3050. The van der Waals surface area contributed by atoms with E-state index in [1.165, 1.54) is 10.4 Å². The van der Waals surface area contributed by atoms with Crippen LogP contribution in [0.1, 0.15) is 115 Å². The highest BCUT2D eigenvalue weighted by molar-refractivity contribution is 7.14. The fourth-order valence-corrected chi connectivity index (χ4v) is 12.8. The van der Waals surface area contributed by atoms with E-state index in [2.05, 4.69) is 37.2 Å². The van der Waals surface area contributed by atoms with Gasteiger partial charge in [-0.15, -0.1) is 11.3 Å². The molecule has 0 radical (unpaired) electrons. The van der Waals surface area contributed by atoms with Crippen LogP contribution in [-0.2, 0) is 28.9 Å². The third kappa shape index (κ3) is 8.14. The summed E-state index contributed by atoms with van der Waals surface area (Å²) in [6.45, 7) is 8.17. The van der Waals surface area contributed by atoms with Crippen molar-refractivity contribution in [3.8, 4) is 17.0 Å². The molecular weight excluding hydrogens is 909 g/mol. The minimum Gasteiger partial charge on any atom is -0.479 e. The lowest BCUT2D eigenvalue weighted by Gasteiger charge is -2.46. The highest BCUT2D eigenvalue weighted by Crippen LogP contribution is 2.44. The van der Waals surface area contributed by atoms with Crippen molar-refractivity contribution < 1.29 is 37.9 Å². The second-order valence-electron chi connectivity index (χ2n) is 19.1. The summed E-state index contributed by atoms with van der Waals surface area (Å²) in [5.41, 5.74) is 6.53. The SMILES string of the molecule is [2H]C([2H])([2H])Oc1nc(N2CCc3c(sc4c3CCCC4)C2=O)c(-c2ccncc2[C@@H](C)O)cc1Nc1ccc(N2CCN(C3CCN(c4ccc5c(c4)C(=O)N(C4CCC(=O)NC4=O)C5=O)CC3)C[C@@H]2C)cn1. The van der Waals surface area contributed by atoms with E-state index < -0.39 is 42.8 Å². The maximum absolute atomic E-state index is 14.5. The summed E-state index contributed by atoms with van der Waals surface area (Å²) in [6, 6.07) is 12.1. The Balaban J connectivity index is 0.776. The normalized spacial score (nSPS) is 22.2. The van der Waals surface area contributed by atoms with Gasteiger partial charge in [0.25, 0.3) is 17.7 Å². The molecule has 5 aliphatic heterocycles. The number of piperidine rings is 2. The van der Waals surface area contributed by atoms with E-state index in [1.54, 1.807) is 66.0 Å². The molecule has 11 rings (SSSR count). The first-order valence-electron chi connectivity index (χ1n) is 25.8. The van der Waals surface area contributed by atoms with Gasteiger partial charge in [0.05, 0.1) is 45.1 Å². The van der Waals surface area contributed by atoms with Crippen molar-refractivity contribution in [2.75, 3.05) is 66.3 Å². The molecule has 1 unspecified atom stereocenters. The Morgan fingerprint density at radius 1 is 0.843 bits per heavy atom. The number of aryl methyl sites for hydroxylation is 1. The molecule has 0 spiro atoms. The van der Waals surface area contributed by atoms with Crippen molar-refractivity contribution in [1.29, 1.82) is 0 Å². The van der Waals surface area contributed by atoms with E-state index in [0.29, 0.717) is 46.4 Å². The summed E-state index contributed by atoms with van der Waals surface area (Å²) in [5, 5.41) is 16.4. The number of rotatable bonds is 10. The second kappa shape index (κ2) is 18.5. The van der Waals surface area contributed by atoms with Crippen molar-refractivity contribution >= 4 is 69.6 Å². The van der Waals surface area contributed by atoms with E-state index in [1.807, 2.05) is 18.2 Å². The number of imide groups is 2. The lowest BCUT2D eigenvalue weighted by atomic mass is 9.91. The highest BCUT2D eigenvalue weighted by Gasteiger charge is 2.45. The van der Waals surface area contributed by atoms with Crippen molar-refractivity contribution in [1.82, 2.24) is 30.1 Å². The minimum atomic E-state index is -2.88. The molecule has 6 aliphatic rings. The first kappa shape index (κ1) is 42.1. The number of piperazine rings is 1. The molecule has 1 aliphatic carbocycles. The monoisotopic (exact) mass is 967 g/mol. The number of carbonyl (C=O) groups is 5. The smallest absolute Gasteiger partial charge is 0.269 e. The molecule has 1 aromatic carbocycles. The summed E-state index contributed by atoms with van der Waals surface area (Å²) in [7, 11) is -2.88. The van der Waals surface area contributed by atoms with Crippen LogP contribution in [0.25, 0.3) is 11.1 Å². The Kier molecular flexibility index (Phi) is 11.2. The van der Waals surface area contributed by atoms with Gasteiger partial charge in [0.1, 0.15) is 23.4 Å². The molecule has 3 saturated heterocycles. The Hall–Kier alpha value is -6.76. The number of amides is 5. The fourth-order valence-electron chi connectivity index (χ4n) is 11.4. The number of aliphatic hydroxyl groups is 1. The summed E-state index contributed by atoms with van der Waals surface area (Å²) in [5.74, 6) is -1.86. The molecule has 9 heterocycles. The topological polar surface area (TPSA) is 194 Å². The summed E-state index contributed by atoms with van der Waals surface area (Å²) in [4.78, 5) is 91.0. The van der Waals surface area contributed by atoms with Gasteiger partial charge in [0.15, 0.2) is 0 Å². The van der Waals surface area contributed by atoms with Crippen LogP contribution in [0.15, 0.2) is 61.1 Å². The Labute approximate surface area is 414 Å². The van der Waals surface area contributed by atoms with Gasteiger partial charge in [-0.05, 0) is 124 Å². The largest absolute Gasteiger partial charge is 0.479 e. The second-order valence-corrected chi connectivity index (χ2v) is 20.2. The number of nitrogens with zero attached hydrogens (tertiary/aromatic N) is 8. The maximum atomic E-state index is 14.5. The molecule has 70 heavy (non-hydrogen) atoms. The molecule has 17 nitrogen and oxygen atoms in total. The Morgan fingerprint density at radius 3 is 2.43 bits per heavy atom. The molecule has 18 heteroatoms. The number of pyridine rings is 3. The fraction of sp³-hybridized carbons (Fsp3) is 0.423. The van der Waals surface area contributed by atoms with E-state index in [0.717, 1.165) is 93.1 Å². The van der Waals surface area contributed by atoms with Crippen LogP contribution in [0, 0.1) is 0 Å². The standard InChI is InChI=1S/C52H56N10O7S/c1-29-28-59(31-15-19-58(20-16-31)32-8-10-37-39(24-32)51(67)62(50(37)66)42-11-13-45(64)56-48(42)65)22-23-60(29)33-9-12-44(54-26-33)55-41-25-38(34-14-18-53-27-40(34)30(2)63)47(57-49(41)69-3)61-21-17-36-35-6-4-5-7-43(35)70-46(36)52(61)68/h8-10,12,14,18,24-27,29-31,42,63H,4-7,11,13,15-17,19-23,28H2,1-3H3,(H,54,55)(H,56,64,65)/t29-,30+,42?/m0/s1/i3D3. The first-order valence-corrected chi connectivity index (χ1v) is 25.1. The number of fused-ring (bicyclic) bond motifs is 4. The molecule has 3 N–H and O–H groups in total. The highest BCUT2D eigenvalue weighted by atomic mass is 32.1. The van der Waals surface area contributed by atoms with Crippen LogP contribution in [0.3, 0.4) is 0 Å². The predicted octanol–water partition coefficient (Wildman–Crippen LogP) is 6.07. The molecule has 3 fully saturated rings. The van der Waals surface area contributed by atoms with Crippen molar-refractivity contribution in [2.45, 2.75) is 95.9 Å². The van der Waals surface area contributed by atoms with Gasteiger partial charge in [-0.3, -0.25) is 49.0 Å². The van der Waals surface area contributed by atoms with Crippen LogP contribution < -0.4 is 30.1 Å². The number of hydrogen-bond acceptors (Lipinski definition) is 15. The summed E-state index contributed by atoms with van der Waals surface area (Å²) >= 11 is 1.55. The van der Waals surface area contributed by atoms with Gasteiger partial charge in [-0.2, -0.15) is 4.98 Å². The van der Waals surface area contributed by atoms with Crippen LogP contribution in [0.4, 0.5) is 28.7 Å². The maximum Gasteiger partial charge on any atom is 0.269 e. The van der Waals surface area contributed by atoms with Gasteiger partial charge >= 0.3 is 0 Å². The number of benzene rings is 1. The zero-order valence-corrected chi connectivity index (χ0v) is 39.9. The molecule has 5 amide bonds. The van der Waals surface area contributed by atoms with Gasteiger partial charge in [-0.25, -0.2) is 4.98 Å².